The van der Waals surface area contributed by atoms with Crippen LogP contribution in [-0.2, 0) is 14.1 Å². The fourth-order valence-electron chi connectivity index (χ4n) is 1.28. The van der Waals surface area contributed by atoms with Crippen molar-refractivity contribution >= 4 is 9.93 Å². The maximum Gasteiger partial charge on any atom is 0.125 e. The third kappa shape index (κ3) is 3.22. The summed E-state index contributed by atoms with van der Waals surface area (Å²) in [6.45, 7) is 0. The van der Waals surface area contributed by atoms with Crippen LogP contribution in [0.5, 0.6) is 0 Å². The van der Waals surface area contributed by atoms with Crippen LogP contribution in [0.15, 0.2) is 22.8 Å². The Hall–Kier alpha value is -0.570. The van der Waals surface area contributed by atoms with Crippen LogP contribution in [-0.4, -0.2) is 12.5 Å². The summed E-state index contributed by atoms with van der Waals surface area (Å²) in [5.41, 5.74) is 0.946. The van der Waals surface area contributed by atoms with Crippen molar-refractivity contribution in [3.8, 4) is 0 Å². The van der Waals surface area contributed by atoms with E-state index in [1.54, 1.807) is 24.0 Å². The summed E-state index contributed by atoms with van der Waals surface area (Å²) in [6, 6.07) is 0. The average molecular weight is 186 g/mol. The van der Waals surface area contributed by atoms with Gasteiger partial charge in [0.05, 0.1) is 0 Å². The largest absolute Gasteiger partial charge is 0.875 e. The van der Waals surface area contributed by atoms with Gasteiger partial charge in [-0.1, -0.05) is 6.08 Å². The summed E-state index contributed by atoms with van der Waals surface area (Å²) in [6.07, 6.45) is 7.43. The molecule has 12 heavy (non-hydrogen) atoms. The fourth-order valence-corrected chi connectivity index (χ4v) is 2.19. The van der Waals surface area contributed by atoms with Crippen molar-refractivity contribution in [3.05, 3.63) is 22.8 Å². The van der Waals surface area contributed by atoms with Gasteiger partial charge in [0.2, 0.25) is 0 Å². The van der Waals surface area contributed by atoms with E-state index >= 15 is 0 Å². The molecule has 68 valence electrons. The molecule has 0 amide bonds. The van der Waals surface area contributed by atoms with Gasteiger partial charge in [-0.25, -0.2) is 0 Å². The van der Waals surface area contributed by atoms with Crippen molar-refractivity contribution in [2.45, 2.75) is 19.3 Å². The molecule has 0 heterocycles. The van der Waals surface area contributed by atoms with Gasteiger partial charge >= 0.3 is 0 Å². The Morgan fingerprint density at radius 3 is 2.67 bits per heavy atom. The summed E-state index contributed by atoms with van der Waals surface area (Å²) >= 11 is 0. The lowest BCUT2D eigenvalue weighted by Gasteiger charge is -2.17. The van der Waals surface area contributed by atoms with Gasteiger partial charge in [0, 0.05) is 0 Å². The molecule has 2 nitrogen and oxygen atoms in total. The molecule has 0 aromatic heterocycles. The molecule has 0 bridgehead atoms. The lowest BCUT2D eigenvalue weighted by atomic mass is 10.0. The monoisotopic (exact) mass is 186 g/mol. The quantitative estimate of drug-likeness (QED) is 0.574. The second-order valence-electron chi connectivity index (χ2n) is 3.47. The van der Waals surface area contributed by atoms with Crippen LogP contribution < -0.4 is 5.11 Å². The van der Waals surface area contributed by atoms with E-state index in [0.717, 1.165) is 18.4 Å². The highest BCUT2D eigenvalue weighted by Gasteiger charge is 2.11. The first-order valence-electron chi connectivity index (χ1n) is 4.00. The van der Waals surface area contributed by atoms with Gasteiger partial charge in [0.25, 0.3) is 0 Å². The van der Waals surface area contributed by atoms with Crippen LogP contribution >= 0.6 is 0 Å². The van der Waals surface area contributed by atoms with Crippen LogP contribution in [0.2, 0.25) is 0 Å². The van der Waals surface area contributed by atoms with Crippen molar-refractivity contribution in [1.82, 2.24) is 0 Å². The third-order valence-electron chi connectivity index (χ3n) is 1.67. The Morgan fingerprint density at radius 2 is 2.17 bits per heavy atom. The smallest absolute Gasteiger partial charge is 0.125 e. The van der Waals surface area contributed by atoms with Crippen molar-refractivity contribution < 1.29 is 9.32 Å². The number of hydrogen-bond donors (Lipinski definition) is 0. The SMILES string of the molecule is C[S+](C)(=O)/C=C1\C=C([O-])CCC1. The molecule has 0 saturated carbocycles. The Kier molecular flexibility index (Phi) is 2.73. The lowest BCUT2D eigenvalue weighted by molar-refractivity contribution is -0.307. The van der Waals surface area contributed by atoms with E-state index in [9.17, 15) is 9.32 Å². The van der Waals surface area contributed by atoms with Gasteiger partial charge in [-0.2, -0.15) is 0 Å². The molecule has 0 N–H and O–H groups in total. The number of allylic oxidation sites excluding steroid dienone is 3. The zero-order valence-electron chi connectivity index (χ0n) is 7.50. The van der Waals surface area contributed by atoms with Crippen molar-refractivity contribution in [3.63, 3.8) is 0 Å². The maximum absolute atomic E-state index is 11.4. The predicted octanol–water partition coefficient (Wildman–Crippen LogP) is 1.06. The third-order valence-corrected chi connectivity index (χ3v) is 2.54. The Morgan fingerprint density at radius 1 is 1.50 bits per heavy atom. The number of rotatable bonds is 1. The predicted molar refractivity (Wildman–Crippen MR) is 49.9 cm³/mol. The van der Waals surface area contributed by atoms with Crippen molar-refractivity contribution in [2.75, 3.05) is 12.5 Å². The zero-order chi connectivity index (χ0) is 9.19. The van der Waals surface area contributed by atoms with E-state index in [-0.39, 0.29) is 5.76 Å². The molecule has 0 saturated heterocycles. The summed E-state index contributed by atoms with van der Waals surface area (Å²) in [7, 11) is -1.84. The van der Waals surface area contributed by atoms with Crippen LogP contribution in [0.4, 0.5) is 0 Å². The number of hydrogen-bond acceptors (Lipinski definition) is 2. The first-order chi connectivity index (χ1) is 5.47. The first-order valence-corrected chi connectivity index (χ1v) is 6.43. The molecule has 0 radical (unpaired) electrons. The standard InChI is InChI=1S/C9H14O2S/c1-12(2,11)7-8-4-3-5-9(10)6-8/h6-7H,3-5H2,1-2H3. The summed E-state index contributed by atoms with van der Waals surface area (Å²) in [5.74, 6) is 0.163. The normalized spacial score (nSPS) is 22.5. The van der Waals surface area contributed by atoms with Gasteiger partial charge in [0.15, 0.2) is 0 Å². The molecular weight excluding hydrogens is 172 g/mol. The van der Waals surface area contributed by atoms with Crippen LogP contribution in [0.25, 0.3) is 0 Å². The van der Waals surface area contributed by atoms with Gasteiger partial charge in [-0.3, -0.25) is 0 Å². The van der Waals surface area contributed by atoms with Gasteiger partial charge in [0.1, 0.15) is 27.9 Å². The summed E-state index contributed by atoms with van der Waals surface area (Å²) in [5, 5.41) is 12.7. The first kappa shape index (κ1) is 9.52. The fraction of sp³-hybridized carbons (Fsp3) is 0.556. The molecule has 3 heteroatoms. The van der Waals surface area contributed by atoms with E-state index in [1.165, 1.54) is 0 Å². The minimum absolute atomic E-state index is 0.163. The van der Waals surface area contributed by atoms with E-state index < -0.39 is 9.93 Å². The van der Waals surface area contributed by atoms with Crippen LogP contribution in [0.3, 0.4) is 0 Å². The highest BCUT2D eigenvalue weighted by atomic mass is 32.2. The molecule has 1 aliphatic carbocycles. The average Bonchev–Trinajstić information content (AvgIpc) is 1.82. The van der Waals surface area contributed by atoms with Gasteiger partial charge in [-0.05, 0) is 24.8 Å². The van der Waals surface area contributed by atoms with E-state index in [1.807, 2.05) is 0 Å². The van der Waals surface area contributed by atoms with Crippen molar-refractivity contribution in [1.29, 1.82) is 0 Å². The molecular formula is C9H14O2S. The molecule has 0 unspecified atom stereocenters. The van der Waals surface area contributed by atoms with E-state index in [2.05, 4.69) is 0 Å². The highest BCUT2D eigenvalue weighted by Crippen LogP contribution is 2.20. The Bertz CT molecular complexity index is 270. The van der Waals surface area contributed by atoms with Crippen LogP contribution in [0.1, 0.15) is 19.3 Å². The minimum atomic E-state index is -1.84. The Labute approximate surface area is 74.4 Å². The second-order valence-corrected chi connectivity index (χ2v) is 6.32. The zero-order valence-corrected chi connectivity index (χ0v) is 8.32. The van der Waals surface area contributed by atoms with Gasteiger partial charge < -0.3 is 5.11 Å². The molecule has 0 aromatic carbocycles. The van der Waals surface area contributed by atoms with Crippen LogP contribution in [0, 0.1) is 0 Å². The summed E-state index contributed by atoms with van der Waals surface area (Å²) in [4.78, 5) is 0. The molecule has 0 fully saturated rings. The van der Waals surface area contributed by atoms with E-state index in [4.69, 9.17) is 0 Å². The second kappa shape index (κ2) is 3.44. The molecule has 1 aliphatic rings. The summed E-state index contributed by atoms with van der Waals surface area (Å²) < 4.78 is 11.4. The lowest BCUT2D eigenvalue weighted by Crippen LogP contribution is -2.09. The molecule has 0 aromatic rings. The molecule has 0 aliphatic heterocycles. The highest BCUT2D eigenvalue weighted by molar-refractivity contribution is 8.04. The van der Waals surface area contributed by atoms with Gasteiger partial charge in [-0.15, -0.1) is 9.97 Å². The minimum Gasteiger partial charge on any atom is -0.875 e. The van der Waals surface area contributed by atoms with Crippen molar-refractivity contribution in [2.24, 2.45) is 0 Å². The maximum atomic E-state index is 11.4. The molecule has 0 spiro atoms. The molecule has 1 rings (SSSR count). The Balaban J connectivity index is 2.83. The topological polar surface area (TPSA) is 40.1 Å². The van der Waals surface area contributed by atoms with E-state index in [0.29, 0.717) is 6.42 Å². The molecule has 0 atom stereocenters.